The minimum Gasteiger partial charge on any atom is -0.399 e. The lowest BCUT2D eigenvalue weighted by atomic mass is 9.79. The topological polar surface area (TPSA) is 30.5 Å². The molecule has 1 aliphatic rings. The highest BCUT2D eigenvalue weighted by Gasteiger charge is 2.51. The molecule has 1 heterocycles. The molecule has 0 saturated carbocycles. The summed E-state index contributed by atoms with van der Waals surface area (Å²) < 4.78 is 12.2. The van der Waals surface area contributed by atoms with Crippen LogP contribution in [0.15, 0.2) is 48.5 Å². The van der Waals surface area contributed by atoms with Crippen LogP contribution in [0.25, 0.3) is 0 Å². The maximum Gasteiger partial charge on any atom is 0.494 e. The van der Waals surface area contributed by atoms with Gasteiger partial charge in [-0.3, -0.25) is 0 Å². The van der Waals surface area contributed by atoms with Crippen molar-refractivity contribution in [3.8, 4) is 0 Å². The molecule has 1 saturated heterocycles. The van der Waals surface area contributed by atoms with Gasteiger partial charge in [0, 0.05) is 11.4 Å². The van der Waals surface area contributed by atoms with Gasteiger partial charge in [0.05, 0.1) is 11.2 Å². The van der Waals surface area contributed by atoms with Crippen LogP contribution in [0.5, 0.6) is 0 Å². The number of hydrogen-bond acceptors (Lipinski definition) is 3. The van der Waals surface area contributed by atoms with Crippen molar-refractivity contribution >= 4 is 24.0 Å². The van der Waals surface area contributed by atoms with Crippen LogP contribution in [0.1, 0.15) is 54.0 Å². The van der Waals surface area contributed by atoms with Crippen LogP contribution in [0, 0.1) is 0 Å². The first-order valence-electron chi connectivity index (χ1n) is 9.31. The number of nitrogens with one attached hydrogen (secondary N) is 1. The summed E-state index contributed by atoms with van der Waals surface area (Å²) in [4.78, 5) is 0. The summed E-state index contributed by atoms with van der Waals surface area (Å²) in [6, 6.07) is 16.9. The molecule has 0 atom stereocenters. The Hall–Kier alpha value is -1.78. The van der Waals surface area contributed by atoms with Crippen LogP contribution < -0.4 is 10.8 Å². The van der Waals surface area contributed by atoms with E-state index < -0.39 is 0 Å². The van der Waals surface area contributed by atoms with E-state index >= 15 is 0 Å². The molecule has 2 aromatic rings. The van der Waals surface area contributed by atoms with E-state index in [1.807, 2.05) is 0 Å². The van der Waals surface area contributed by atoms with Gasteiger partial charge in [0.2, 0.25) is 0 Å². The van der Waals surface area contributed by atoms with E-state index in [9.17, 15) is 0 Å². The smallest absolute Gasteiger partial charge is 0.399 e. The molecule has 0 unspecified atom stereocenters. The Labute approximate surface area is 158 Å². The predicted octanol–water partition coefficient (Wildman–Crippen LogP) is 5.03. The van der Waals surface area contributed by atoms with Gasteiger partial charge in [0.25, 0.3) is 0 Å². The second-order valence-electron chi connectivity index (χ2n) is 9.16. The number of rotatable bonds is 3. The molecular weight excluding hydrogens is 321 g/mol. The first-order valence-corrected chi connectivity index (χ1v) is 9.31. The molecule has 138 valence electrons. The van der Waals surface area contributed by atoms with E-state index in [4.69, 9.17) is 9.31 Å². The minimum absolute atomic E-state index is 0.170. The van der Waals surface area contributed by atoms with Crippen LogP contribution in [0.3, 0.4) is 0 Å². The molecule has 3 nitrogen and oxygen atoms in total. The highest BCUT2D eigenvalue weighted by atomic mass is 16.7. The first-order chi connectivity index (χ1) is 12.0. The van der Waals surface area contributed by atoms with E-state index in [1.54, 1.807) is 0 Å². The molecular formula is C22H30BNO2. The highest BCUT2D eigenvalue weighted by molar-refractivity contribution is 6.62. The van der Waals surface area contributed by atoms with Gasteiger partial charge in [-0.1, -0.05) is 45.0 Å². The van der Waals surface area contributed by atoms with Crippen molar-refractivity contribution in [2.24, 2.45) is 0 Å². The third-order valence-electron chi connectivity index (χ3n) is 5.48. The number of hydrogen-bond donors (Lipinski definition) is 1. The van der Waals surface area contributed by atoms with Gasteiger partial charge in [-0.05, 0) is 68.4 Å². The molecule has 1 fully saturated rings. The molecule has 3 rings (SSSR count). The van der Waals surface area contributed by atoms with Crippen LogP contribution in [0.2, 0.25) is 0 Å². The number of benzene rings is 2. The summed E-state index contributed by atoms with van der Waals surface area (Å²) in [7, 11) is -0.319. The van der Waals surface area contributed by atoms with Crippen molar-refractivity contribution in [3.63, 3.8) is 0 Å². The Kier molecular flexibility index (Phi) is 4.70. The maximum atomic E-state index is 6.11. The highest BCUT2D eigenvalue weighted by Crippen LogP contribution is 2.36. The average Bonchev–Trinajstić information content (AvgIpc) is 2.76. The Bertz CT molecular complexity index is 742. The summed E-state index contributed by atoms with van der Waals surface area (Å²) in [6.07, 6.45) is 0. The first kappa shape index (κ1) is 19.0. The third-order valence-corrected chi connectivity index (χ3v) is 5.48. The summed E-state index contributed by atoms with van der Waals surface area (Å²) >= 11 is 0. The van der Waals surface area contributed by atoms with Crippen LogP contribution in [0.4, 0.5) is 11.4 Å². The predicted molar refractivity (Wildman–Crippen MR) is 111 cm³/mol. The van der Waals surface area contributed by atoms with Gasteiger partial charge in [0.1, 0.15) is 0 Å². The van der Waals surface area contributed by atoms with Gasteiger partial charge in [0.15, 0.2) is 0 Å². The molecule has 0 aliphatic carbocycles. The fraction of sp³-hybridized carbons (Fsp3) is 0.455. The molecule has 0 spiro atoms. The van der Waals surface area contributed by atoms with Crippen LogP contribution in [-0.4, -0.2) is 18.3 Å². The molecule has 0 aromatic heterocycles. The van der Waals surface area contributed by atoms with Gasteiger partial charge >= 0.3 is 7.12 Å². The summed E-state index contributed by atoms with van der Waals surface area (Å²) in [5.41, 5.74) is 4.04. The molecule has 2 aromatic carbocycles. The monoisotopic (exact) mass is 351 g/mol. The largest absolute Gasteiger partial charge is 0.494 e. The van der Waals surface area contributed by atoms with E-state index in [0.717, 1.165) is 16.8 Å². The van der Waals surface area contributed by atoms with Gasteiger partial charge in [-0.15, -0.1) is 0 Å². The lowest BCUT2D eigenvalue weighted by Crippen LogP contribution is -2.41. The van der Waals surface area contributed by atoms with Gasteiger partial charge < -0.3 is 14.6 Å². The summed E-state index contributed by atoms with van der Waals surface area (Å²) in [6.45, 7) is 15.0. The molecule has 0 amide bonds. The quantitative estimate of drug-likeness (QED) is 0.787. The molecule has 0 radical (unpaired) electrons. The maximum absolute atomic E-state index is 6.11. The van der Waals surface area contributed by atoms with E-state index in [2.05, 4.69) is 102 Å². The van der Waals surface area contributed by atoms with E-state index in [1.165, 1.54) is 5.56 Å². The lowest BCUT2D eigenvalue weighted by Gasteiger charge is -2.32. The Morgan fingerprint density at radius 3 is 1.58 bits per heavy atom. The molecule has 26 heavy (non-hydrogen) atoms. The summed E-state index contributed by atoms with van der Waals surface area (Å²) in [5.74, 6) is 0. The van der Waals surface area contributed by atoms with Crippen molar-refractivity contribution in [2.75, 3.05) is 5.32 Å². The molecule has 0 bridgehead atoms. The standard InChI is InChI=1S/C22H30BNO2/c1-20(2,3)16-8-12-18(13-9-16)24-19-14-10-17(11-15-19)23-25-21(4,5)22(6,7)26-23/h8-15,24H,1-7H3. The fourth-order valence-electron chi connectivity index (χ4n) is 2.92. The molecule has 1 aliphatic heterocycles. The van der Waals surface area contributed by atoms with E-state index in [-0.39, 0.29) is 23.7 Å². The van der Waals surface area contributed by atoms with Gasteiger partial charge in [-0.25, -0.2) is 0 Å². The Morgan fingerprint density at radius 1 is 0.731 bits per heavy atom. The second-order valence-corrected chi connectivity index (χ2v) is 9.16. The third kappa shape index (κ3) is 3.82. The second kappa shape index (κ2) is 6.43. The lowest BCUT2D eigenvalue weighted by molar-refractivity contribution is 0.00578. The molecule has 1 N–H and O–H groups in total. The minimum atomic E-state index is -0.319. The SMILES string of the molecule is CC(C)(C)c1ccc(Nc2ccc(B3OC(C)(C)C(C)(C)O3)cc2)cc1. The average molecular weight is 351 g/mol. The van der Waals surface area contributed by atoms with E-state index in [0.29, 0.717) is 0 Å². The van der Waals surface area contributed by atoms with Crippen molar-refractivity contribution < 1.29 is 9.31 Å². The van der Waals surface area contributed by atoms with Crippen molar-refractivity contribution in [2.45, 2.75) is 65.1 Å². The number of anilines is 2. The normalized spacial score (nSPS) is 18.8. The molecule has 4 heteroatoms. The Balaban J connectivity index is 1.69. The van der Waals surface area contributed by atoms with Crippen LogP contribution in [-0.2, 0) is 14.7 Å². The fourth-order valence-corrected chi connectivity index (χ4v) is 2.92. The van der Waals surface area contributed by atoms with Crippen molar-refractivity contribution in [1.29, 1.82) is 0 Å². The van der Waals surface area contributed by atoms with Crippen LogP contribution >= 0.6 is 0 Å². The van der Waals surface area contributed by atoms with Crippen molar-refractivity contribution in [1.82, 2.24) is 0 Å². The zero-order valence-corrected chi connectivity index (χ0v) is 17.0. The van der Waals surface area contributed by atoms with Crippen molar-refractivity contribution in [3.05, 3.63) is 54.1 Å². The Morgan fingerprint density at radius 2 is 1.15 bits per heavy atom. The summed E-state index contributed by atoms with van der Waals surface area (Å²) in [5, 5.41) is 3.45. The zero-order chi connectivity index (χ0) is 19.2. The zero-order valence-electron chi connectivity index (χ0n) is 17.0. The van der Waals surface area contributed by atoms with Gasteiger partial charge in [-0.2, -0.15) is 0 Å².